The molecule has 0 saturated heterocycles. The summed E-state index contributed by atoms with van der Waals surface area (Å²) in [5.74, 6) is 0.816. The fourth-order valence-corrected chi connectivity index (χ4v) is 1.77. The maximum absolute atomic E-state index is 9.21. The molecule has 2 rings (SSSR count). The fraction of sp³-hybridized carbons (Fsp3) is 0.545. The SMILES string of the molecule is OCCN(c1ncccc1CO)C1CC1. The Morgan fingerprint density at radius 1 is 1.40 bits per heavy atom. The van der Waals surface area contributed by atoms with Gasteiger partial charge in [-0.25, -0.2) is 4.98 Å². The van der Waals surface area contributed by atoms with Crippen molar-refractivity contribution in [3.8, 4) is 0 Å². The lowest BCUT2D eigenvalue weighted by molar-refractivity contribution is 0.280. The van der Waals surface area contributed by atoms with E-state index in [1.54, 1.807) is 6.20 Å². The predicted octanol–water partition coefficient (Wildman–Crippen LogP) is 0.535. The lowest BCUT2D eigenvalue weighted by atomic mass is 10.2. The van der Waals surface area contributed by atoms with Crippen LogP contribution in [0.4, 0.5) is 5.82 Å². The van der Waals surface area contributed by atoms with Gasteiger partial charge in [-0.3, -0.25) is 0 Å². The molecule has 4 heteroatoms. The van der Waals surface area contributed by atoms with Crippen LogP contribution in [0.1, 0.15) is 18.4 Å². The lowest BCUT2D eigenvalue weighted by Gasteiger charge is -2.24. The summed E-state index contributed by atoms with van der Waals surface area (Å²) in [5.41, 5.74) is 0.831. The first-order valence-electron chi connectivity index (χ1n) is 5.29. The summed E-state index contributed by atoms with van der Waals surface area (Å²) in [7, 11) is 0. The van der Waals surface area contributed by atoms with E-state index in [0.717, 1.165) is 24.2 Å². The molecular weight excluding hydrogens is 192 g/mol. The molecule has 1 heterocycles. The normalized spacial score (nSPS) is 15.3. The van der Waals surface area contributed by atoms with Gasteiger partial charge in [0, 0.05) is 24.3 Å². The molecule has 1 aromatic rings. The zero-order valence-electron chi connectivity index (χ0n) is 8.63. The average Bonchev–Trinajstić information content (AvgIpc) is 3.10. The molecule has 82 valence electrons. The second-order valence-corrected chi connectivity index (χ2v) is 3.79. The van der Waals surface area contributed by atoms with Gasteiger partial charge in [0.15, 0.2) is 0 Å². The third-order valence-corrected chi connectivity index (χ3v) is 2.64. The van der Waals surface area contributed by atoms with Crippen LogP contribution in [0, 0.1) is 0 Å². The fourth-order valence-electron chi connectivity index (χ4n) is 1.77. The van der Waals surface area contributed by atoms with Gasteiger partial charge in [0.25, 0.3) is 0 Å². The first-order chi connectivity index (χ1) is 7.36. The maximum Gasteiger partial charge on any atom is 0.134 e. The van der Waals surface area contributed by atoms with Crippen molar-refractivity contribution < 1.29 is 10.2 Å². The van der Waals surface area contributed by atoms with Crippen LogP contribution in [0.5, 0.6) is 0 Å². The van der Waals surface area contributed by atoms with Gasteiger partial charge in [-0.05, 0) is 18.9 Å². The van der Waals surface area contributed by atoms with Crippen molar-refractivity contribution >= 4 is 5.82 Å². The van der Waals surface area contributed by atoms with E-state index in [2.05, 4.69) is 9.88 Å². The molecule has 0 amide bonds. The van der Waals surface area contributed by atoms with Gasteiger partial charge in [0.2, 0.25) is 0 Å². The Bertz CT molecular complexity index is 326. The van der Waals surface area contributed by atoms with Crippen molar-refractivity contribution in [2.75, 3.05) is 18.1 Å². The quantitative estimate of drug-likeness (QED) is 0.741. The lowest BCUT2D eigenvalue weighted by Crippen LogP contribution is -2.30. The monoisotopic (exact) mass is 208 g/mol. The number of aliphatic hydroxyl groups excluding tert-OH is 2. The Hall–Kier alpha value is -1.13. The zero-order valence-corrected chi connectivity index (χ0v) is 8.63. The molecule has 0 bridgehead atoms. The molecule has 0 atom stereocenters. The van der Waals surface area contributed by atoms with Crippen molar-refractivity contribution in [1.82, 2.24) is 4.98 Å². The molecule has 0 aliphatic heterocycles. The number of rotatable bonds is 5. The van der Waals surface area contributed by atoms with E-state index in [0.29, 0.717) is 12.6 Å². The number of pyridine rings is 1. The smallest absolute Gasteiger partial charge is 0.134 e. The van der Waals surface area contributed by atoms with Crippen molar-refractivity contribution in [3.05, 3.63) is 23.9 Å². The molecule has 1 aliphatic carbocycles. The van der Waals surface area contributed by atoms with Crippen molar-refractivity contribution in [2.24, 2.45) is 0 Å². The largest absolute Gasteiger partial charge is 0.395 e. The minimum atomic E-state index is -0.00216. The number of hydrogen-bond donors (Lipinski definition) is 2. The number of aliphatic hydroxyl groups is 2. The summed E-state index contributed by atoms with van der Waals surface area (Å²) in [6, 6.07) is 4.19. The minimum Gasteiger partial charge on any atom is -0.395 e. The molecule has 1 aliphatic rings. The Labute approximate surface area is 89.2 Å². The van der Waals surface area contributed by atoms with Gasteiger partial charge < -0.3 is 15.1 Å². The highest BCUT2D eigenvalue weighted by Crippen LogP contribution is 2.31. The maximum atomic E-state index is 9.21. The van der Waals surface area contributed by atoms with E-state index < -0.39 is 0 Å². The first-order valence-corrected chi connectivity index (χ1v) is 5.29. The third-order valence-electron chi connectivity index (χ3n) is 2.64. The van der Waals surface area contributed by atoms with Gasteiger partial charge >= 0.3 is 0 Å². The number of hydrogen-bond acceptors (Lipinski definition) is 4. The number of aromatic nitrogens is 1. The van der Waals surface area contributed by atoms with E-state index in [1.165, 1.54) is 0 Å². The van der Waals surface area contributed by atoms with Crippen LogP contribution in [-0.2, 0) is 6.61 Å². The Kier molecular flexibility index (Phi) is 3.18. The highest BCUT2D eigenvalue weighted by molar-refractivity contribution is 5.48. The van der Waals surface area contributed by atoms with Gasteiger partial charge in [-0.15, -0.1) is 0 Å². The topological polar surface area (TPSA) is 56.6 Å². The molecule has 4 nitrogen and oxygen atoms in total. The van der Waals surface area contributed by atoms with Crippen molar-refractivity contribution in [3.63, 3.8) is 0 Å². The van der Waals surface area contributed by atoms with E-state index in [9.17, 15) is 5.11 Å². The van der Waals surface area contributed by atoms with Crippen molar-refractivity contribution in [1.29, 1.82) is 0 Å². The summed E-state index contributed by atoms with van der Waals surface area (Å²) < 4.78 is 0. The molecule has 0 spiro atoms. The third kappa shape index (κ3) is 2.27. The van der Waals surface area contributed by atoms with Crippen LogP contribution >= 0.6 is 0 Å². The van der Waals surface area contributed by atoms with Crippen LogP contribution < -0.4 is 4.90 Å². The summed E-state index contributed by atoms with van der Waals surface area (Å²) >= 11 is 0. The van der Waals surface area contributed by atoms with Crippen LogP contribution in [0.3, 0.4) is 0 Å². The summed E-state index contributed by atoms with van der Waals surface area (Å²) in [5, 5.41) is 18.2. The summed E-state index contributed by atoms with van der Waals surface area (Å²) in [6.45, 7) is 0.713. The zero-order chi connectivity index (χ0) is 10.7. The Balaban J connectivity index is 2.23. The first kappa shape index (κ1) is 10.4. The summed E-state index contributed by atoms with van der Waals surface area (Å²) in [6.07, 6.45) is 4.03. The molecule has 1 aromatic heterocycles. The second kappa shape index (κ2) is 4.59. The average molecular weight is 208 g/mol. The van der Waals surface area contributed by atoms with E-state index in [1.807, 2.05) is 12.1 Å². The van der Waals surface area contributed by atoms with Crippen LogP contribution in [0.2, 0.25) is 0 Å². The van der Waals surface area contributed by atoms with Gasteiger partial charge in [-0.1, -0.05) is 6.07 Å². The van der Waals surface area contributed by atoms with Gasteiger partial charge in [-0.2, -0.15) is 0 Å². The highest BCUT2D eigenvalue weighted by atomic mass is 16.3. The predicted molar refractivity (Wildman–Crippen MR) is 57.6 cm³/mol. The highest BCUT2D eigenvalue weighted by Gasteiger charge is 2.30. The molecule has 0 unspecified atom stereocenters. The standard InChI is InChI=1S/C11H16N2O2/c14-7-6-13(10-3-4-10)11-9(8-15)2-1-5-12-11/h1-2,5,10,14-15H,3-4,6-8H2. The van der Waals surface area contributed by atoms with Crippen LogP contribution in [0.15, 0.2) is 18.3 Å². The van der Waals surface area contributed by atoms with E-state index in [-0.39, 0.29) is 13.2 Å². The van der Waals surface area contributed by atoms with E-state index in [4.69, 9.17) is 5.11 Å². The van der Waals surface area contributed by atoms with Crippen molar-refractivity contribution in [2.45, 2.75) is 25.5 Å². The molecule has 1 fully saturated rings. The van der Waals surface area contributed by atoms with Crippen LogP contribution in [-0.4, -0.2) is 34.4 Å². The van der Waals surface area contributed by atoms with Gasteiger partial charge in [0.05, 0.1) is 13.2 Å². The minimum absolute atomic E-state index is 0.00216. The Morgan fingerprint density at radius 2 is 2.20 bits per heavy atom. The number of nitrogens with zero attached hydrogens (tertiary/aromatic N) is 2. The van der Waals surface area contributed by atoms with Crippen LogP contribution in [0.25, 0.3) is 0 Å². The molecule has 0 aromatic carbocycles. The molecule has 1 saturated carbocycles. The van der Waals surface area contributed by atoms with Gasteiger partial charge in [0.1, 0.15) is 5.82 Å². The number of anilines is 1. The Morgan fingerprint density at radius 3 is 2.80 bits per heavy atom. The molecule has 2 N–H and O–H groups in total. The molecule has 0 radical (unpaired) electrons. The second-order valence-electron chi connectivity index (χ2n) is 3.79. The molecule has 15 heavy (non-hydrogen) atoms. The summed E-state index contributed by atoms with van der Waals surface area (Å²) in [4.78, 5) is 6.37. The molecular formula is C11H16N2O2. The van der Waals surface area contributed by atoms with E-state index >= 15 is 0 Å².